The van der Waals surface area contributed by atoms with Crippen LogP contribution in [0.25, 0.3) is 0 Å². The second kappa shape index (κ2) is 5.64. The number of aliphatic hydroxyl groups is 1. The molecule has 3 unspecified atom stereocenters. The Bertz CT molecular complexity index is 218. The molecule has 1 fully saturated rings. The largest absolute Gasteiger partial charge is 0.394 e. The summed E-state index contributed by atoms with van der Waals surface area (Å²) in [6.07, 6.45) is 7.52. The lowest BCUT2D eigenvalue weighted by atomic mass is 9.94. The summed E-state index contributed by atoms with van der Waals surface area (Å²) in [6, 6.07) is 0. The summed E-state index contributed by atoms with van der Waals surface area (Å²) in [5.41, 5.74) is 0. The van der Waals surface area contributed by atoms with Gasteiger partial charge in [0.15, 0.2) is 0 Å². The van der Waals surface area contributed by atoms with Gasteiger partial charge in [-0.1, -0.05) is 12.2 Å². The molecule has 86 valence electrons. The SMILES string of the molecule is OCCOCCNCC1CC2C=CC1C2. The van der Waals surface area contributed by atoms with Crippen molar-refractivity contribution in [2.75, 3.05) is 32.9 Å². The normalized spacial score (nSPS) is 32.7. The van der Waals surface area contributed by atoms with Gasteiger partial charge in [-0.3, -0.25) is 0 Å². The molecule has 15 heavy (non-hydrogen) atoms. The van der Waals surface area contributed by atoms with E-state index in [9.17, 15) is 0 Å². The van der Waals surface area contributed by atoms with Crippen LogP contribution < -0.4 is 5.32 Å². The van der Waals surface area contributed by atoms with Crippen molar-refractivity contribution in [2.45, 2.75) is 12.8 Å². The van der Waals surface area contributed by atoms with E-state index in [2.05, 4.69) is 17.5 Å². The van der Waals surface area contributed by atoms with E-state index in [1.54, 1.807) is 0 Å². The molecule has 2 rings (SSSR count). The first kappa shape index (κ1) is 11.1. The Balaban J connectivity index is 1.50. The van der Waals surface area contributed by atoms with Crippen molar-refractivity contribution in [2.24, 2.45) is 17.8 Å². The fraction of sp³-hybridized carbons (Fsp3) is 0.833. The number of fused-ring (bicyclic) bond motifs is 2. The van der Waals surface area contributed by atoms with Crippen molar-refractivity contribution < 1.29 is 9.84 Å². The average molecular weight is 211 g/mol. The van der Waals surface area contributed by atoms with Crippen LogP contribution in [0.15, 0.2) is 12.2 Å². The number of rotatable bonds is 7. The Kier molecular flexibility index (Phi) is 4.18. The predicted molar refractivity (Wildman–Crippen MR) is 59.6 cm³/mol. The minimum Gasteiger partial charge on any atom is -0.394 e. The summed E-state index contributed by atoms with van der Waals surface area (Å²) in [6.45, 7) is 3.30. The molecule has 1 saturated carbocycles. The molecule has 0 aromatic carbocycles. The van der Waals surface area contributed by atoms with Gasteiger partial charge in [0.25, 0.3) is 0 Å². The zero-order chi connectivity index (χ0) is 10.5. The van der Waals surface area contributed by atoms with Gasteiger partial charge in [-0.15, -0.1) is 0 Å². The first-order chi connectivity index (χ1) is 7.40. The lowest BCUT2D eigenvalue weighted by Crippen LogP contribution is -2.28. The minimum atomic E-state index is 0.122. The predicted octanol–water partition coefficient (Wildman–Crippen LogP) is 0.797. The first-order valence-corrected chi connectivity index (χ1v) is 5.98. The van der Waals surface area contributed by atoms with Crippen LogP contribution in [-0.2, 0) is 4.74 Å². The van der Waals surface area contributed by atoms with Crippen LogP contribution >= 0.6 is 0 Å². The monoisotopic (exact) mass is 211 g/mol. The average Bonchev–Trinajstić information content (AvgIpc) is 2.85. The molecule has 0 saturated heterocycles. The van der Waals surface area contributed by atoms with Crippen LogP contribution in [-0.4, -0.2) is 38.0 Å². The molecule has 2 bridgehead atoms. The topological polar surface area (TPSA) is 41.5 Å². The van der Waals surface area contributed by atoms with E-state index in [-0.39, 0.29) is 6.61 Å². The van der Waals surface area contributed by atoms with Crippen LogP contribution in [0.4, 0.5) is 0 Å². The van der Waals surface area contributed by atoms with Crippen molar-refractivity contribution >= 4 is 0 Å². The maximum atomic E-state index is 8.51. The molecule has 2 N–H and O–H groups in total. The molecule has 0 aromatic heterocycles. The van der Waals surface area contributed by atoms with Crippen molar-refractivity contribution in [3.05, 3.63) is 12.2 Å². The summed E-state index contributed by atoms with van der Waals surface area (Å²) in [7, 11) is 0. The highest BCUT2D eigenvalue weighted by Crippen LogP contribution is 2.42. The fourth-order valence-electron chi connectivity index (χ4n) is 2.73. The van der Waals surface area contributed by atoms with Crippen molar-refractivity contribution in [3.63, 3.8) is 0 Å². The molecule has 0 aromatic rings. The number of hydrogen-bond acceptors (Lipinski definition) is 3. The van der Waals surface area contributed by atoms with Gasteiger partial charge in [0, 0.05) is 6.54 Å². The van der Waals surface area contributed by atoms with E-state index in [1.165, 1.54) is 12.8 Å². The van der Waals surface area contributed by atoms with E-state index >= 15 is 0 Å². The highest BCUT2D eigenvalue weighted by Gasteiger charge is 2.34. The summed E-state index contributed by atoms with van der Waals surface area (Å²) in [4.78, 5) is 0. The van der Waals surface area contributed by atoms with Crippen LogP contribution in [0.1, 0.15) is 12.8 Å². The Morgan fingerprint density at radius 3 is 2.87 bits per heavy atom. The molecule has 0 radical (unpaired) electrons. The maximum Gasteiger partial charge on any atom is 0.0698 e. The zero-order valence-electron chi connectivity index (χ0n) is 9.19. The van der Waals surface area contributed by atoms with Crippen molar-refractivity contribution in [1.29, 1.82) is 0 Å². The Morgan fingerprint density at radius 1 is 1.27 bits per heavy atom. The third-order valence-electron chi connectivity index (χ3n) is 3.48. The zero-order valence-corrected chi connectivity index (χ0v) is 9.19. The lowest BCUT2D eigenvalue weighted by Gasteiger charge is -2.18. The summed E-state index contributed by atoms with van der Waals surface area (Å²) < 4.78 is 5.18. The quantitative estimate of drug-likeness (QED) is 0.483. The third kappa shape index (κ3) is 3.03. The van der Waals surface area contributed by atoms with Gasteiger partial charge < -0.3 is 15.2 Å². The molecule has 2 aliphatic carbocycles. The molecule has 0 amide bonds. The van der Waals surface area contributed by atoms with Gasteiger partial charge in [-0.2, -0.15) is 0 Å². The van der Waals surface area contributed by atoms with Gasteiger partial charge in [0.2, 0.25) is 0 Å². The smallest absolute Gasteiger partial charge is 0.0698 e. The molecule has 0 spiro atoms. The van der Waals surface area contributed by atoms with E-state index < -0.39 is 0 Å². The third-order valence-corrected chi connectivity index (χ3v) is 3.48. The second-order valence-corrected chi connectivity index (χ2v) is 4.58. The van der Waals surface area contributed by atoms with Crippen LogP contribution in [0, 0.1) is 17.8 Å². The molecular formula is C12H21NO2. The number of aliphatic hydroxyl groups excluding tert-OH is 1. The highest BCUT2D eigenvalue weighted by molar-refractivity contribution is 5.10. The highest BCUT2D eigenvalue weighted by atomic mass is 16.5. The van der Waals surface area contributed by atoms with E-state index in [0.29, 0.717) is 13.2 Å². The van der Waals surface area contributed by atoms with E-state index in [0.717, 1.165) is 30.8 Å². The first-order valence-electron chi connectivity index (χ1n) is 5.98. The van der Waals surface area contributed by atoms with E-state index in [4.69, 9.17) is 9.84 Å². The van der Waals surface area contributed by atoms with E-state index in [1.807, 2.05) is 0 Å². The van der Waals surface area contributed by atoms with Crippen LogP contribution in [0.3, 0.4) is 0 Å². The lowest BCUT2D eigenvalue weighted by molar-refractivity contribution is 0.0933. The molecule has 2 aliphatic rings. The Morgan fingerprint density at radius 2 is 2.20 bits per heavy atom. The second-order valence-electron chi connectivity index (χ2n) is 4.58. The summed E-state index contributed by atoms with van der Waals surface area (Å²) >= 11 is 0. The van der Waals surface area contributed by atoms with Gasteiger partial charge in [-0.05, 0) is 37.1 Å². The number of allylic oxidation sites excluding steroid dienone is 2. The van der Waals surface area contributed by atoms with Gasteiger partial charge >= 0.3 is 0 Å². The standard InChI is InChI=1S/C12H21NO2/c14-4-6-15-5-3-13-9-12-8-10-1-2-11(12)7-10/h1-2,10-14H,3-9H2. The molecular weight excluding hydrogens is 190 g/mol. The maximum absolute atomic E-state index is 8.51. The molecule has 0 heterocycles. The number of nitrogens with one attached hydrogen (secondary N) is 1. The molecule has 3 nitrogen and oxygen atoms in total. The minimum absolute atomic E-state index is 0.122. The molecule has 3 atom stereocenters. The van der Waals surface area contributed by atoms with Crippen molar-refractivity contribution in [3.8, 4) is 0 Å². The number of hydrogen-bond donors (Lipinski definition) is 2. The molecule has 3 heteroatoms. The summed E-state index contributed by atoms with van der Waals surface area (Å²) in [5, 5.41) is 11.9. The van der Waals surface area contributed by atoms with Gasteiger partial charge in [0.05, 0.1) is 19.8 Å². The van der Waals surface area contributed by atoms with Gasteiger partial charge in [-0.25, -0.2) is 0 Å². The van der Waals surface area contributed by atoms with Crippen LogP contribution in [0.2, 0.25) is 0 Å². The number of ether oxygens (including phenoxy) is 1. The van der Waals surface area contributed by atoms with Gasteiger partial charge in [0.1, 0.15) is 0 Å². The summed E-state index contributed by atoms with van der Waals surface area (Å²) in [5.74, 6) is 2.55. The van der Waals surface area contributed by atoms with Crippen molar-refractivity contribution in [1.82, 2.24) is 5.32 Å². The molecule has 0 aliphatic heterocycles. The Hall–Kier alpha value is -0.380. The van der Waals surface area contributed by atoms with Crippen LogP contribution in [0.5, 0.6) is 0 Å². The fourth-order valence-corrected chi connectivity index (χ4v) is 2.73. The Labute approximate surface area is 91.5 Å².